The Kier molecular flexibility index (Phi) is 4.48. The van der Waals surface area contributed by atoms with Gasteiger partial charge in [0.15, 0.2) is 0 Å². The van der Waals surface area contributed by atoms with Crippen molar-refractivity contribution in [1.82, 2.24) is 14.7 Å². The summed E-state index contributed by atoms with van der Waals surface area (Å²) in [7, 11) is -3.40. The van der Waals surface area contributed by atoms with Gasteiger partial charge in [-0.15, -0.1) is 0 Å². The predicted octanol–water partition coefficient (Wildman–Crippen LogP) is 1.54. The van der Waals surface area contributed by atoms with Crippen LogP contribution < -0.4 is 4.72 Å². The molecule has 0 aliphatic carbocycles. The highest BCUT2D eigenvalue weighted by molar-refractivity contribution is 7.92. The maximum atomic E-state index is 11.7. The van der Waals surface area contributed by atoms with Gasteiger partial charge in [-0.25, -0.2) is 18.1 Å². The van der Waals surface area contributed by atoms with Crippen molar-refractivity contribution < 1.29 is 8.42 Å². The normalized spacial score (nSPS) is 12.0. The number of nitrogens with one attached hydrogen (secondary N) is 2. The lowest BCUT2D eigenvalue weighted by Gasteiger charge is -2.01. The molecule has 0 aliphatic rings. The average Bonchev–Trinajstić information content (AvgIpc) is 2.91. The molecule has 0 unspecified atom stereocenters. The molecule has 0 spiro atoms. The zero-order valence-electron chi connectivity index (χ0n) is 10.3. The van der Waals surface area contributed by atoms with Crippen LogP contribution in [0.25, 0.3) is 6.08 Å². The fraction of sp³-hybridized carbons (Fsp3) is 0.154. The Balaban J connectivity index is 1.87. The number of benzene rings is 1. The molecule has 0 amide bonds. The molecule has 19 heavy (non-hydrogen) atoms. The highest BCUT2D eigenvalue weighted by Crippen LogP contribution is 2.02. The summed E-state index contributed by atoms with van der Waals surface area (Å²) >= 11 is 0. The molecule has 1 aromatic heterocycles. The number of imidazole rings is 1. The van der Waals surface area contributed by atoms with E-state index in [2.05, 4.69) is 14.7 Å². The molecule has 0 atom stereocenters. The van der Waals surface area contributed by atoms with Gasteiger partial charge in [0.05, 0.1) is 6.33 Å². The lowest BCUT2D eigenvalue weighted by molar-refractivity contribution is 0.591. The second-order valence-corrected chi connectivity index (χ2v) is 5.63. The van der Waals surface area contributed by atoms with Crippen LogP contribution >= 0.6 is 0 Å². The quantitative estimate of drug-likeness (QED) is 0.841. The molecule has 0 bridgehead atoms. The Morgan fingerprint density at radius 2 is 2.05 bits per heavy atom. The highest BCUT2D eigenvalue weighted by atomic mass is 32.2. The van der Waals surface area contributed by atoms with E-state index in [1.807, 2.05) is 30.3 Å². The van der Waals surface area contributed by atoms with E-state index >= 15 is 0 Å². The van der Waals surface area contributed by atoms with Gasteiger partial charge in [0.2, 0.25) is 10.0 Å². The second-order valence-electron chi connectivity index (χ2n) is 3.98. The van der Waals surface area contributed by atoms with Crippen molar-refractivity contribution in [3.05, 3.63) is 59.5 Å². The molecule has 5 nitrogen and oxygen atoms in total. The predicted molar refractivity (Wildman–Crippen MR) is 74.7 cm³/mol. The van der Waals surface area contributed by atoms with Crippen molar-refractivity contribution in [2.75, 3.05) is 6.54 Å². The number of rotatable bonds is 6. The third-order valence-corrected chi connectivity index (χ3v) is 3.59. The summed E-state index contributed by atoms with van der Waals surface area (Å²) in [6.07, 6.45) is 5.39. The molecule has 6 heteroatoms. The van der Waals surface area contributed by atoms with Crippen LogP contribution in [0.1, 0.15) is 11.3 Å². The van der Waals surface area contributed by atoms with Gasteiger partial charge in [0.1, 0.15) is 0 Å². The van der Waals surface area contributed by atoms with Crippen LogP contribution in [0.15, 0.2) is 48.3 Å². The number of hydrogen-bond acceptors (Lipinski definition) is 3. The molecule has 2 rings (SSSR count). The number of sulfonamides is 1. The van der Waals surface area contributed by atoms with Gasteiger partial charge in [-0.1, -0.05) is 30.3 Å². The van der Waals surface area contributed by atoms with Gasteiger partial charge in [0.25, 0.3) is 0 Å². The van der Waals surface area contributed by atoms with E-state index in [0.717, 1.165) is 11.3 Å². The van der Waals surface area contributed by atoms with Crippen LogP contribution in [-0.4, -0.2) is 24.9 Å². The molecule has 0 fully saturated rings. The second kappa shape index (κ2) is 6.31. The van der Waals surface area contributed by atoms with E-state index in [0.29, 0.717) is 13.0 Å². The standard InChI is InChI=1S/C13H15N3O2S/c17-19(18,9-7-12-4-2-1-3-5-12)16-8-6-13-10-14-11-15-13/h1-5,7,9-11,16H,6,8H2,(H,14,15). The highest BCUT2D eigenvalue weighted by Gasteiger charge is 2.04. The summed E-state index contributed by atoms with van der Waals surface area (Å²) in [6, 6.07) is 9.29. The van der Waals surface area contributed by atoms with E-state index < -0.39 is 10.0 Å². The Bertz CT molecular complexity index is 619. The minimum absolute atomic E-state index is 0.337. The summed E-state index contributed by atoms with van der Waals surface area (Å²) in [6.45, 7) is 0.337. The lowest BCUT2D eigenvalue weighted by atomic mass is 10.2. The molecule has 2 aromatic rings. The maximum absolute atomic E-state index is 11.7. The van der Waals surface area contributed by atoms with Crippen LogP contribution in [0.2, 0.25) is 0 Å². The SMILES string of the molecule is O=S(=O)(C=Cc1ccccc1)NCCc1cnc[nH]1. The molecule has 100 valence electrons. The van der Waals surface area contributed by atoms with Crippen LogP contribution in [-0.2, 0) is 16.4 Å². The molecule has 0 saturated heterocycles. The van der Waals surface area contributed by atoms with Crippen molar-refractivity contribution >= 4 is 16.1 Å². The van der Waals surface area contributed by atoms with Crippen molar-refractivity contribution in [3.63, 3.8) is 0 Å². The topological polar surface area (TPSA) is 74.8 Å². The fourth-order valence-corrected chi connectivity index (χ4v) is 2.35. The van der Waals surface area contributed by atoms with Crippen LogP contribution in [0.5, 0.6) is 0 Å². The maximum Gasteiger partial charge on any atom is 0.233 e. The van der Waals surface area contributed by atoms with E-state index in [4.69, 9.17) is 0 Å². The number of aromatic amines is 1. The zero-order valence-corrected chi connectivity index (χ0v) is 11.1. The van der Waals surface area contributed by atoms with Gasteiger partial charge < -0.3 is 4.98 Å². The van der Waals surface area contributed by atoms with Gasteiger partial charge in [-0.05, 0) is 11.6 Å². The molecule has 1 heterocycles. The Morgan fingerprint density at radius 3 is 2.74 bits per heavy atom. The summed E-state index contributed by atoms with van der Waals surface area (Å²) < 4.78 is 25.9. The van der Waals surface area contributed by atoms with Crippen LogP contribution in [0.4, 0.5) is 0 Å². The molecule has 0 radical (unpaired) electrons. The Hall–Kier alpha value is -1.92. The first-order valence-electron chi connectivity index (χ1n) is 5.86. The molecule has 0 aliphatic heterocycles. The van der Waals surface area contributed by atoms with Crippen molar-refractivity contribution in [1.29, 1.82) is 0 Å². The van der Waals surface area contributed by atoms with Gasteiger partial charge in [-0.3, -0.25) is 0 Å². The van der Waals surface area contributed by atoms with Crippen molar-refractivity contribution in [2.45, 2.75) is 6.42 Å². The number of hydrogen-bond donors (Lipinski definition) is 2. The van der Waals surface area contributed by atoms with Gasteiger partial charge in [0, 0.05) is 30.3 Å². The summed E-state index contributed by atoms with van der Waals surface area (Å²) in [5, 5.41) is 1.18. The van der Waals surface area contributed by atoms with E-state index in [1.54, 1.807) is 18.6 Å². The van der Waals surface area contributed by atoms with Gasteiger partial charge in [-0.2, -0.15) is 0 Å². The third kappa shape index (κ3) is 4.69. The van der Waals surface area contributed by atoms with Crippen molar-refractivity contribution in [3.8, 4) is 0 Å². The zero-order chi connectivity index (χ0) is 13.6. The first-order chi connectivity index (χ1) is 9.16. The van der Waals surface area contributed by atoms with Crippen LogP contribution in [0.3, 0.4) is 0 Å². The number of H-pyrrole nitrogens is 1. The number of nitrogens with zero attached hydrogens (tertiary/aromatic N) is 1. The van der Waals surface area contributed by atoms with Crippen molar-refractivity contribution in [2.24, 2.45) is 0 Å². The largest absolute Gasteiger partial charge is 0.348 e. The fourth-order valence-electron chi connectivity index (χ4n) is 1.53. The van der Waals surface area contributed by atoms with E-state index in [-0.39, 0.29) is 0 Å². The van der Waals surface area contributed by atoms with Crippen LogP contribution in [0, 0.1) is 0 Å². The first kappa shape index (κ1) is 13.5. The molecule has 2 N–H and O–H groups in total. The first-order valence-corrected chi connectivity index (χ1v) is 7.40. The summed E-state index contributed by atoms with van der Waals surface area (Å²) in [5.41, 5.74) is 1.75. The Morgan fingerprint density at radius 1 is 1.26 bits per heavy atom. The molecular weight excluding hydrogens is 262 g/mol. The molecular formula is C13H15N3O2S. The summed E-state index contributed by atoms with van der Waals surface area (Å²) in [4.78, 5) is 6.78. The molecule has 1 aromatic carbocycles. The minimum Gasteiger partial charge on any atom is -0.348 e. The monoisotopic (exact) mass is 277 g/mol. The minimum atomic E-state index is -3.40. The smallest absolute Gasteiger partial charge is 0.233 e. The Labute approximate surface area is 112 Å². The molecule has 0 saturated carbocycles. The van der Waals surface area contributed by atoms with E-state index in [1.165, 1.54) is 5.41 Å². The number of aromatic nitrogens is 2. The third-order valence-electron chi connectivity index (χ3n) is 2.49. The summed E-state index contributed by atoms with van der Waals surface area (Å²) in [5.74, 6) is 0. The average molecular weight is 277 g/mol. The van der Waals surface area contributed by atoms with E-state index in [9.17, 15) is 8.42 Å². The van der Waals surface area contributed by atoms with Gasteiger partial charge >= 0.3 is 0 Å². The lowest BCUT2D eigenvalue weighted by Crippen LogP contribution is -2.23.